The predicted octanol–water partition coefficient (Wildman–Crippen LogP) is 0.317. The van der Waals surface area contributed by atoms with Gasteiger partial charge >= 0.3 is 13.6 Å². The quantitative estimate of drug-likeness (QED) is 0.140. The van der Waals surface area contributed by atoms with Crippen LogP contribution in [0, 0.1) is 0 Å². The normalized spacial score (nSPS) is 40.7. The first kappa shape index (κ1) is 29.0. The van der Waals surface area contributed by atoms with Crippen molar-refractivity contribution in [3.05, 3.63) is 35.5 Å². The standard InChI is InChI=1S/C20H21N9O11P2S2/c21-14-9-15(23-4-22-14)29(6-25-9)18-12-13-20(37-18,2-34-12)3-35-41(32,43)38-11-10(30)19(40-42(33,44)39-13)36-17(11)28-5-24-8-7(28)1-26-27-16(8)31/h1,4-6,10-13,17-19,30H,2-3H2,(H,27,31)(H,32,43)(H,33,44)(H2,21,22,23)/t10-,11+,12+,13-,17+,18+,19+,20+,41?,42?/m0/s1. The summed E-state index contributed by atoms with van der Waals surface area (Å²) in [6.45, 7) is -9.35. The number of hydrogen-bond acceptors (Lipinski definition) is 17. The highest BCUT2D eigenvalue weighted by molar-refractivity contribution is 8.44. The first-order valence-corrected chi connectivity index (χ1v) is 18.2. The van der Waals surface area contributed by atoms with Gasteiger partial charge in [-0.1, -0.05) is 24.5 Å². The van der Waals surface area contributed by atoms with Gasteiger partial charge in [-0.25, -0.2) is 34.2 Å². The number of aromatic amines is 1. The minimum absolute atomic E-state index is 0.00195. The SMILES string of the molecule is Nc1ncnc2c1ncn2[C@@H]1O[C@@]23CO[C@@H]1[C@@H]2OP(=O)(S)O[C@H]1O[C@@H](n2cnc4c(=O)[nH]ncc42)[C@H](OP(=O)(S)OC3)[C@@H]1O. The lowest BCUT2D eigenvalue weighted by Gasteiger charge is -2.33. The third kappa shape index (κ3) is 4.48. The van der Waals surface area contributed by atoms with E-state index in [1.54, 1.807) is 0 Å². The molecule has 4 aromatic heterocycles. The maximum Gasteiger partial charge on any atom is 0.388 e. The fourth-order valence-electron chi connectivity index (χ4n) is 5.73. The van der Waals surface area contributed by atoms with Gasteiger partial charge in [-0.05, 0) is 0 Å². The average molecular weight is 690 g/mol. The van der Waals surface area contributed by atoms with Gasteiger partial charge in [-0.15, -0.1) is 0 Å². The van der Waals surface area contributed by atoms with Gasteiger partial charge in [-0.2, -0.15) is 5.10 Å². The molecule has 24 heteroatoms. The number of aromatic nitrogens is 8. The summed E-state index contributed by atoms with van der Waals surface area (Å²) in [7, 11) is 0. The van der Waals surface area contributed by atoms with Gasteiger partial charge in [0.25, 0.3) is 5.56 Å². The molecule has 8 heterocycles. The Labute approximate surface area is 254 Å². The maximum atomic E-state index is 13.7. The number of rotatable bonds is 2. The zero-order valence-corrected chi connectivity index (χ0v) is 25.4. The first-order chi connectivity index (χ1) is 21.0. The summed E-state index contributed by atoms with van der Waals surface area (Å²) in [6, 6.07) is 0. The van der Waals surface area contributed by atoms with Crippen molar-refractivity contribution in [3.8, 4) is 0 Å². The second kappa shape index (κ2) is 10.0. The number of hydrogen-bond donors (Lipinski definition) is 5. The molecule has 0 aliphatic carbocycles. The van der Waals surface area contributed by atoms with Crippen molar-refractivity contribution in [1.29, 1.82) is 0 Å². The van der Waals surface area contributed by atoms with Crippen LogP contribution in [0.25, 0.3) is 22.2 Å². The monoisotopic (exact) mass is 689 g/mol. The maximum absolute atomic E-state index is 13.7. The minimum Gasteiger partial charge on any atom is -0.385 e. The van der Waals surface area contributed by atoms with Gasteiger partial charge in [-0.3, -0.25) is 32.0 Å². The highest BCUT2D eigenvalue weighted by Crippen LogP contribution is 2.64. The number of H-pyrrole nitrogens is 1. The van der Waals surface area contributed by atoms with Crippen molar-refractivity contribution in [3.63, 3.8) is 0 Å². The summed E-state index contributed by atoms with van der Waals surface area (Å²) in [4.78, 5) is 28.6. The second-order valence-electron chi connectivity index (χ2n) is 10.3. The number of nitrogens with one attached hydrogen (secondary N) is 1. The van der Waals surface area contributed by atoms with E-state index in [1.165, 1.54) is 34.3 Å². The smallest absolute Gasteiger partial charge is 0.385 e. The minimum atomic E-state index is -4.39. The van der Waals surface area contributed by atoms with Crippen LogP contribution in [0.5, 0.6) is 0 Å². The van der Waals surface area contributed by atoms with Gasteiger partial charge in [0.05, 0.1) is 37.6 Å². The lowest BCUT2D eigenvalue weighted by molar-refractivity contribution is -0.183. The number of aliphatic hydroxyl groups is 1. The van der Waals surface area contributed by atoms with Crippen LogP contribution in [0.1, 0.15) is 12.5 Å². The van der Waals surface area contributed by atoms with Crippen LogP contribution in [-0.2, 0) is 41.4 Å². The molecule has 0 spiro atoms. The Morgan fingerprint density at radius 2 is 1.80 bits per heavy atom. The van der Waals surface area contributed by atoms with E-state index in [4.69, 9.17) is 38.0 Å². The van der Waals surface area contributed by atoms with Crippen LogP contribution in [0.3, 0.4) is 0 Å². The third-order valence-electron chi connectivity index (χ3n) is 7.69. The molecule has 234 valence electrons. The fraction of sp³-hybridized carbons (Fsp3) is 0.500. The van der Waals surface area contributed by atoms with E-state index in [0.717, 1.165) is 0 Å². The Hall–Kier alpha value is -2.46. The molecule has 10 atom stereocenters. The Kier molecular flexibility index (Phi) is 6.60. The summed E-state index contributed by atoms with van der Waals surface area (Å²) < 4.78 is 71.3. The lowest BCUT2D eigenvalue weighted by Crippen LogP contribution is -2.46. The molecule has 4 aromatic rings. The molecule has 0 saturated carbocycles. The number of anilines is 1. The van der Waals surface area contributed by atoms with E-state index in [1.807, 2.05) is 0 Å². The Morgan fingerprint density at radius 1 is 1.00 bits per heavy atom. The molecule has 4 aliphatic heterocycles. The average Bonchev–Trinajstić information content (AvgIpc) is 3.78. The molecule has 0 aromatic carbocycles. The molecule has 2 unspecified atom stereocenters. The zero-order chi connectivity index (χ0) is 30.6. The molecule has 8 rings (SSSR count). The van der Waals surface area contributed by atoms with Crippen molar-refractivity contribution < 1.29 is 46.5 Å². The number of nitrogens with two attached hydrogens (primary N) is 1. The molecule has 4 bridgehead atoms. The summed E-state index contributed by atoms with van der Waals surface area (Å²) in [5.41, 5.74) is 4.65. The summed E-state index contributed by atoms with van der Waals surface area (Å²) in [6.07, 6.45) is -4.15. The zero-order valence-electron chi connectivity index (χ0n) is 21.8. The highest BCUT2D eigenvalue weighted by Gasteiger charge is 2.66. The van der Waals surface area contributed by atoms with E-state index < -0.39 is 74.5 Å². The van der Waals surface area contributed by atoms with Gasteiger partial charge in [0.2, 0.25) is 0 Å². The van der Waals surface area contributed by atoms with E-state index in [2.05, 4.69) is 54.6 Å². The van der Waals surface area contributed by atoms with Crippen LogP contribution in [0.15, 0.2) is 30.0 Å². The number of nitrogens with zero attached hydrogens (tertiary/aromatic N) is 7. The number of fused-ring (bicyclic) bond motifs is 4. The van der Waals surface area contributed by atoms with E-state index in [-0.39, 0.29) is 23.5 Å². The molecular formula is C20H21N9O11P2S2. The van der Waals surface area contributed by atoms with Crippen molar-refractivity contribution in [2.45, 2.75) is 48.8 Å². The van der Waals surface area contributed by atoms with Crippen molar-refractivity contribution in [1.82, 2.24) is 39.3 Å². The van der Waals surface area contributed by atoms with Crippen LogP contribution in [0.2, 0.25) is 0 Å². The van der Waals surface area contributed by atoms with Gasteiger partial charge in [0.15, 0.2) is 35.7 Å². The largest absolute Gasteiger partial charge is 0.388 e. The van der Waals surface area contributed by atoms with Crippen LogP contribution in [0.4, 0.5) is 5.82 Å². The van der Waals surface area contributed by atoms with E-state index >= 15 is 0 Å². The van der Waals surface area contributed by atoms with E-state index in [0.29, 0.717) is 11.2 Å². The predicted molar refractivity (Wildman–Crippen MR) is 150 cm³/mol. The third-order valence-corrected chi connectivity index (χ3v) is 10.8. The van der Waals surface area contributed by atoms with Crippen LogP contribution < -0.4 is 11.3 Å². The van der Waals surface area contributed by atoms with Crippen molar-refractivity contribution in [2.24, 2.45) is 0 Å². The van der Waals surface area contributed by atoms with Crippen molar-refractivity contribution >= 4 is 66.1 Å². The molecule has 4 fully saturated rings. The van der Waals surface area contributed by atoms with Gasteiger partial charge in [0, 0.05) is 0 Å². The number of nitrogen functional groups attached to an aromatic ring is 1. The number of aliphatic hydroxyl groups excluding tert-OH is 1. The van der Waals surface area contributed by atoms with Gasteiger partial charge < -0.3 is 25.1 Å². The molecule has 20 nitrogen and oxygen atoms in total. The molecule has 0 radical (unpaired) electrons. The second-order valence-corrected chi connectivity index (χ2v) is 16.0. The Balaban J connectivity index is 1.15. The summed E-state index contributed by atoms with van der Waals surface area (Å²) in [5.74, 6) is 0.141. The van der Waals surface area contributed by atoms with Crippen LogP contribution in [-0.4, -0.2) is 93.9 Å². The Morgan fingerprint density at radius 3 is 2.64 bits per heavy atom. The fourth-order valence-corrected chi connectivity index (χ4v) is 8.88. The first-order valence-electron chi connectivity index (χ1n) is 12.8. The van der Waals surface area contributed by atoms with Crippen molar-refractivity contribution in [2.75, 3.05) is 18.9 Å². The molecule has 44 heavy (non-hydrogen) atoms. The number of imidazole rings is 2. The van der Waals surface area contributed by atoms with E-state index in [9.17, 15) is 19.0 Å². The number of ether oxygens (including phenoxy) is 3. The summed E-state index contributed by atoms with van der Waals surface area (Å²) >= 11 is 8.29. The molecule has 4 aliphatic rings. The molecule has 4 saturated heterocycles. The van der Waals surface area contributed by atoms with Gasteiger partial charge in [0.1, 0.15) is 41.9 Å². The summed E-state index contributed by atoms with van der Waals surface area (Å²) in [5, 5.41) is 17.2. The Bertz CT molecular complexity index is 1960. The van der Waals surface area contributed by atoms with Crippen LogP contribution >= 0.6 is 38.1 Å². The molecule has 4 N–H and O–H groups in total. The number of thiol groups is 2. The lowest BCUT2D eigenvalue weighted by atomic mass is 10.0. The highest BCUT2D eigenvalue weighted by atomic mass is 32.7. The molecular weight excluding hydrogens is 668 g/mol. The molecule has 0 amide bonds. The topological polar surface area (TPSA) is 252 Å².